The van der Waals surface area contributed by atoms with Crippen LogP contribution in [0.1, 0.15) is 27.2 Å². The second-order valence-corrected chi connectivity index (χ2v) is 6.22. The van der Waals surface area contributed by atoms with Gasteiger partial charge in [-0.1, -0.05) is 6.92 Å². The van der Waals surface area contributed by atoms with Crippen LogP contribution in [0.2, 0.25) is 0 Å². The standard InChI is InChI=1S/C14H27N3O2.ClH/c1-10-6-16(5-4-13(10)15)9-14(18)17-7-11(2)19-12(3)8-17;/h10-13H,4-9,15H2,1-3H3;1H. The van der Waals surface area contributed by atoms with Crippen LogP contribution in [-0.4, -0.2) is 66.7 Å². The summed E-state index contributed by atoms with van der Waals surface area (Å²) >= 11 is 0. The van der Waals surface area contributed by atoms with Crippen LogP contribution in [0.15, 0.2) is 0 Å². The van der Waals surface area contributed by atoms with Crippen molar-refractivity contribution in [3.05, 3.63) is 0 Å². The Morgan fingerprint density at radius 3 is 2.35 bits per heavy atom. The molecule has 1 amide bonds. The van der Waals surface area contributed by atoms with Gasteiger partial charge in [0.1, 0.15) is 0 Å². The van der Waals surface area contributed by atoms with Crippen molar-refractivity contribution >= 4 is 18.3 Å². The van der Waals surface area contributed by atoms with Gasteiger partial charge in [-0.25, -0.2) is 0 Å². The second kappa shape index (κ2) is 7.59. The minimum Gasteiger partial charge on any atom is -0.372 e. The number of likely N-dealkylation sites (tertiary alicyclic amines) is 1. The molecular formula is C14H28ClN3O2. The summed E-state index contributed by atoms with van der Waals surface area (Å²) in [5.41, 5.74) is 6.01. The summed E-state index contributed by atoms with van der Waals surface area (Å²) in [6.45, 7) is 10.0. The molecule has 0 aromatic rings. The molecule has 2 heterocycles. The van der Waals surface area contributed by atoms with E-state index in [2.05, 4.69) is 11.8 Å². The molecule has 2 rings (SSSR count). The number of nitrogens with two attached hydrogens (primary N) is 1. The van der Waals surface area contributed by atoms with Gasteiger partial charge in [0.2, 0.25) is 5.91 Å². The number of halogens is 1. The van der Waals surface area contributed by atoms with Gasteiger partial charge < -0.3 is 15.4 Å². The second-order valence-electron chi connectivity index (χ2n) is 6.22. The third-order valence-corrected chi connectivity index (χ3v) is 4.19. The Balaban J connectivity index is 0.00000200. The SMILES string of the molecule is CC1CN(C(=O)CN2CCC(N)C(C)C2)CC(C)O1.Cl. The van der Waals surface area contributed by atoms with E-state index in [4.69, 9.17) is 10.5 Å². The molecule has 6 heteroatoms. The van der Waals surface area contributed by atoms with Crippen molar-refractivity contribution in [3.63, 3.8) is 0 Å². The number of ether oxygens (including phenoxy) is 1. The van der Waals surface area contributed by atoms with Crippen LogP contribution in [0.3, 0.4) is 0 Å². The lowest BCUT2D eigenvalue weighted by Crippen LogP contribution is -2.53. The van der Waals surface area contributed by atoms with Gasteiger partial charge in [0.05, 0.1) is 18.8 Å². The van der Waals surface area contributed by atoms with Gasteiger partial charge >= 0.3 is 0 Å². The molecule has 0 bridgehead atoms. The molecule has 118 valence electrons. The third kappa shape index (κ3) is 4.58. The van der Waals surface area contributed by atoms with Crippen LogP contribution >= 0.6 is 12.4 Å². The monoisotopic (exact) mass is 305 g/mol. The van der Waals surface area contributed by atoms with E-state index >= 15 is 0 Å². The van der Waals surface area contributed by atoms with Gasteiger partial charge in [-0.2, -0.15) is 0 Å². The van der Waals surface area contributed by atoms with Gasteiger partial charge in [-0.15, -0.1) is 12.4 Å². The number of hydrogen-bond acceptors (Lipinski definition) is 4. The molecule has 0 spiro atoms. The van der Waals surface area contributed by atoms with E-state index in [0.717, 1.165) is 19.5 Å². The van der Waals surface area contributed by atoms with Crippen molar-refractivity contribution in [1.29, 1.82) is 0 Å². The van der Waals surface area contributed by atoms with Crippen molar-refractivity contribution in [1.82, 2.24) is 9.80 Å². The zero-order valence-electron chi connectivity index (χ0n) is 12.7. The molecule has 5 nitrogen and oxygen atoms in total. The predicted octanol–water partition coefficient (Wildman–Crippen LogP) is 0.713. The quantitative estimate of drug-likeness (QED) is 0.816. The van der Waals surface area contributed by atoms with Crippen LogP contribution in [0, 0.1) is 5.92 Å². The van der Waals surface area contributed by atoms with E-state index in [1.165, 1.54) is 0 Å². The van der Waals surface area contributed by atoms with Crippen molar-refractivity contribution < 1.29 is 9.53 Å². The maximum absolute atomic E-state index is 12.3. The highest BCUT2D eigenvalue weighted by atomic mass is 35.5. The Kier molecular flexibility index (Phi) is 6.72. The van der Waals surface area contributed by atoms with Crippen molar-refractivity contribution in [2.75, 3.05) is 32.7 Å². The van der Waals surface area contributed by atoms with Gasteiger partial charge in [-0.3, -0.25) is 9.69 Å². The van der Waals surface area contributed by atoms with Gasteiger partial charge in [0, 0.05) is 32.2 Å². The molecule has 2 fully saturated rings. The topological polar surface area (TPSA) is 58.8 Å². The first-order valence-electron chi connectivity index (χ1n) is 7.37. The first-order chi connectivity index (χ1) is 8.95. The number of morpholine rings is 1. The lowest BCUT2D eigenvalue weighted by Gasteiger charge is -2.38. The highest BCUT2D eigenvalue weighted by molar-refractivity contribution is 5.85. The van der Waals surface area contributed by atoms with Crippen molar-refractivity contribution in [3.8, 4) is 0 Å². The molecule has 0 radical (unpaired) electrons. The molecule has 2 aliphatic rings. The van der Waals surface area contributed by atoms with E-state index in [1.54, 1.807) is 0 Å². The maximum Gasteiger partial charge on any atom is 0.236 e. The Bertz CT molecular complexity index is 320. The molecule has 0 aromatic heterocycles. The average molecular weight is 306 g/mol. The fraction of sp³-hybridized carbons (Fsp3) is 0.929. The van der Waals surface area contributed by atoms with Gasteiger partial charge in [-0.05, 0) is 26.2 Å². The number of amides is 1. The van der Waals surface area contributed by atoms with Crippen molar-refractivity contribution in [2.45, 2.75) is 45.4 Å². The number of carbonyl (C=O) groups is 1. The molecule has 2 N–H and O–H groups in total. The molecule has 0 aliphatic carbocycles. The average Bonchev–Trinajstić information content (AvgIpc) is 2.32. The number of piperidine rings is 1. The Hall–Kier alpha value is -0.360. The molecular weight excluding hydrogens is 278 g/mol. The smallest absolute Gasteiger partial charge is 0.236 e. The highest BCUT2D eigenvalue weighted by Crippen LogP contribution is 2.16. The summed E-state index contributed by atoms with van der Waals surface area (Å²) < 4.78 is 5.66. The number of hydrogen-bond donors (Lipinski definition) is 1. The molecule has 4 unspecified atom stereocenters. The van der Waals surface area contributed by atoms with E-state index in [9.17, 15) is 4.79 Å². The normalized spacial score (nSPS) is 35.5. The maximum atomic E-state index is 12.3. The zero-order valence-corrected chi connectivity index (χ0v) is 13.6. The van der Waals surface area contributed by atoms with Crippen molar-refractivity contribution in [2.24, 2.45) is 11.7 Å². The van der Waals surface area contributed by atoms with Gasteiger partial charge in [0.15, 0.2) is 0 Å². The largest absolute Gasteiger partial charge is 0.372 e. The number of rotatable bonds is 2. The summed E-state index contributed by atoms with van der Waals surface area (Å²) in [5, 5.41) is 0. The van der Waals surface area contributed by atoms with Crippen LogP contribution in [0.25, 0.3) is 0 Å². The lowest BCUT2D eigenvalue weighted by molar-refractivity contribution is -0.144. The first kappa shape index (κ1) is 17.7. The number of nitrogens with zero attached hydrogens (tertiary/aromatic N) is 2. The molecule has 0 aromatic carbocycles. The zero-order chi connectivity index (χ0) is 14.0. The fourth-order valence-corrected chi connectivity index (χ4v) is 3.07. The molecule has 2 aliphatic heterocycles. The third-order valence-electron chi connectivity index (χ3n) is 4.19. The fourth-order valence-electron chi connectivity index (χ4n) is 3.07. The molecule has 0 saturated carbocycles. The summed E-state index contributed by atoms with van der Waals surface area (Å²) in [5.74, 6) is 0.703. The number of carbonyl (C=O) groups excluding carboxylic acids is 1. The van der Waals surface area contributed by atoms with Crippen LogP contribution in [0.4, 0.5) is 0 Å². The van der Waals surface area contributed by atoms with Crippen LogP contribution in [-0.2, 0) is 9.53 Å². The Morgan fingerprint density at radius 2 is 1.80 bits per heavy atom. The van der Waals surface area contributed by atoms with E-state index < -0.39 is 0 Å². The summed E-state index contributed by atoms with van der Waals surface area (Å²) in [6.07, 6.45) is 1.27. The Labute approximate surface area is 128 Å². The van der Waals surface area contributed by atoms with E-state index in [-0.39, 0.29) is 36.6 Å². The van der Waals surface area contributed by atoms with Crippen LogP contribution < -0.4 is 5.73 Å². The lowest BCUT2D eigenvalue weighted by atomic mass is 9.95. The van der Waals surface area contributed by atoms with E-state index in [1.807, 2.05) is 18.7 Å². The highest BCUT2D eigenvalue weighted by Gasteiger charge is 2.29. The minimum atomic E-state index is 0. The first-order valence-corrected chi connectivity index (χ1v) is 7.37. The van der Waals surface area contributed by atoms with E-state index in [0.29, 0.717) is 25.6 Å². The summed E-state index contributed by atoms with van der Waals surface area (Å²) in [6, 6.07) is 0.287. The Morgan fingerprint density at radius 1 is 1.20 bits per heavy atom. The van der Waals surface area contributed by atoms with Gasteiger partial charge in [0.25, 0.3) is 0 Å². The molecule has 20 heavy (non-hydrogen) atoms. The minimum absolute atomic E-state index is 0. The molecule has 2 saturated heterocycles. The summed E-state index contributed by atoms with van der Waals surface area (Å²) in [7, 11) is 0. The van der Waals surface area contributed by atoms with Crippen LogP contribution in [0.5, 0.6) is 0 Å². The summed E-state index contributed by atoms with van der Waals surface area (Å²) in [4.78, 5) is 16.5. The predicted molar refractivity (Wildman–Crippen MR) is 82.0 cm³/mol. The molecule has 4 atom stereocenters.